The number of methoxy groups -OCH3 is 2. The molecule has 0 atom stereocenters. The molecule has 0 bridgehead atoms. The standard InChI is InChI=1S/C34H28O4/c1-21-12-16-23(17-13-21)26-10-7-11-27(24-18-14-22(2)15-19-24)31-30(26)28-9-6-5-8-25(28)20-29(33(35)37-3)32(31)34(36)38-4/h5-20H,1-4H3. The number of benzene rings is 3. The van der Waals surface area contributed by atoms with Gasteiger partial charge in [-0.05, 0) is 58.9 Å². The van der Waals surface area contributed by atoms with E-state index >= 15 is 0 Å². The Morgan fingerprint density at radius 3 is 1.92 bits per heavy atom. The molecule has 188 valence electrons. The highest BCUT2D eigenvalue weighted by Crippen LogP contribution is 2.48. The summed E-state index contributed by atoms with van der Waals surface area (Å²) in [6.45, 7) is 4.08. The Kier molecular flexibility index (Phi) is 6.80. The molecule has 3 aromatic carbocycles. The first kappa shape index (κ1) is 25.0. The summed E-state index contributed by atoms with van der Waals surface area (Å²) in [4.78, 5) is 26.8. The lowest BCUT2D eigenvalue weighted by Gasteiger charge is -2.22. The summed E-state index contributed by atoms with van der Waals surface area (Å²) in [7, 11) is 2.65. The van der Waals surface area contributed by atoms with Gasteiger partial charge in [0.2, 0.25) is 0 Å². The normalized spacial score (nSPS) is 14.5. The smallest absolute Gasteiger partial charge is 0.339 e. The summed E-state index contributed by atoms with van der Waals surface area (Å²) in [5, 5.41) is 0. The molecular formula is C34H28O4. The van der Waals surface area contributed by atoms with Gasteiger partial charge < -0.3 is 9.47 Å². The molecule has 4 heteroatoms. The lowest BCUT2D eigenvalue weighted by Crippen LogP contribution is -2.17. The van der Waals surface area contributed by atoms with Crippen LogP contribution in [-0.2, 0) is 19.1 Å². The van der Waals surface area contributed by atoms with Crippen molar-refractivity contribution in [3.63, 3.8) is 0 Å². The highest BCUT2D eigenvalue weighted by molar-refractivity contribution is 6.22. The zero-order valence-corrected chi connectivity index (χ0v) is 21.9. The largest absolute Gasteiger partial charge is 0.465 e. The summed E-state index contributed by atoms with van der Waals surface area (Å²) in [6, 6.07) is 24.3. The highest BCUT2D eigenvalue weighted by atomic mass is 16.5. The van der Waals surface area contributed by atoms with Crippen LogP contribution in [-0.4, -0.2) is 26.2 Å². The first-order valence-electron chi connectivity index (χ1n) is 12.4. The minimum Gasteiger partial charge on any atom is -0.465 e. The van der Waals surface area contributed by atoms with Gasteiger partial charge in [-0.3, -0.25) is 0 Å². The summed E-state index contributed by atoms with van der Waals surface area (Å²) in [5.74, 6) is -1.21. The number of rotatable bonds is 4. The van der Waals surface area contributed by atoms with Crippen LogP contribution in [0.5, 0.6) is 0 Å². The van der Waals surface area contributed by atoms with E-state index in [4.69, 9.17) is 9.47 Å². The van der Waals surface area contributed by atoms with Crippen LogP contribution >= 0.6 is 0 Å². The monoisotopic (exact) mass is 500 g/mol. The van der Waals surface area contributed by atoms with Gasteiger partial charge in [0, 0.05) is 5.57 Å². The van der Waals surface area contributed by atoms with Crippen LogP contribution < -0.4 is 0 Å². The van der Waals surface area contributed by atoms with Gasteiger partial charge in [0.05, 0.1) is 25.4 Å². The van der Waals surface area contributed by atoms with Crippen molar-refractivity contribution in [1.29, 1.82) is 0 Å². The first-order chi connectivity index (χ1) is 18.4. The van der Waals surface area contributed by atoms with Crippen molar-refractivity contribution < 1.29 is 19.1 Å². The van der Waals surface area contributed by atoms with Crippen molar-refractivity contribution in [3.05, 3.63) is 141 Å². The van der Waals surface area contributed by atoms with Crippen LogP contribution in [0.3, 0.4) is 0 Å². The van der Waals surface area contributed by atoms with Crippen LogP contribution in [0.25, 0.3) is 22.8 Å². The second-order valence-corrected chi connectivity index (χ2v) is 9.34. The molecule has 0 heterocycles. The molecule has 3 aromatic rings. The number of fused-ring (bicyclic) bond motifs is 3. The zero-order valence-electron chi connectivity index (χ0n) is 21.9. The van der Waals surface area contributed by atoms with Gasteiger partial charge in [0.25, 0.3) is 0 Å². The summed E-state index contributed by atoms with van der Waals surface area (Å²) < 4.78 is 10.5. The van der Waals surface area contributed by atoms with Gasteiger partial charge in [-0.1, -0.05) is 102 Å². The lowest BCUT2D eigenvalue weighted by molar-refractivity contribution is -0.139. The summed E-state index contributed by atoms with van der Waals surface area (Å²) in [5.41, 5.74) is 9.45. The number of esters is 2. The molecule has 0 radical (unpaired) electrons. The molecule has 0 unspecified atom stereocenters. The Hall–Kier alpha value is -4.70. The quantitative estimate of drug-likeness (QED) is 0.366. The number of hydrogen-bond donors (Lipinski definition) is 0. The third-order valence-corrected chi connectivity index (χ3v) is 6.88. The van der Waals surface area contributed by atoms with E-state index in [1.807, 2.05) is 67.6 Å². The molecule has 2 aliphatic carbocycles. The van der Waals surface area contributed by atoms with E-state index in [0.29, 0.717) is 5.57 Å². The van der Waals surface area contributed by atoms with E-state index in [1.54, 1.807) is 6.08 Å². The van der Waals surface area contributed by atoms with E-state index in [0.717, 1.165) is 50.1 Å². The number of carbonyl (C=O) groups excluding carboxylic acids is 2. The minimum absolute atomic E-state index is 0.153. The predicted molar refractivity (Wildman–Crippen MR) is 152 cm³/mol. The SMILES string of the molecule is COC(=O)C1=Cc2ccccc2C2=C(c3ccc(C)cc3)C=CC=C(c3ccc(C)cc3)C2=C1C(=O)OC. The van der Waals surface area contributed by atoms with Crippen molar-refractivity contribution in [3.8, 4) is 0 Å². The number of aryl methyl sites for hydroxylation is 2. The average Bonchev–Trinajstić information content (AvgIpc) is 3.22. The molecule has 4 nitrogen and oxygen atoms in total. The van der Waals surface area contributed by atoms with Gasteiger partial charge in [-0.2, -0.15) is 0 Å². The van der Waals surface area contributed by atoms with E-state index in [9.17, 15) is 9.59 Å². The maximum absolute atomic E-state index is 13.6. The molecule has 0 fully saturated rings. The van der Waals surface area contributed by atoms with E-state index in [2.05, 4.69) is 37.3 Å². The van der Waals surface area contributed by atoms with E-state index < -0.39 is 11.9 Å². The fourth-order valence-corrected chi connectivity index (χ4v) is 4.96. The van der Waals surface area contributed by atoms with Crippen molar-refractivity contribution in [2.45, 2.75) is 13.8 Å². The lowest BCUT2D eigenvalue weighted by atomic mass is 9.81. The molecule has 0 aromatic heterocycles. The van der Waals surface area contributed by atoms with Crippen molar-refractivity contribution >= 4 is 34.7 Å². The molecule has 0 aliphatic heterocycles. The number of allylic oxidation sites excluding steroid dienone is 7. The number of ether oxygens (including phenoxy) is 2. The Labute approximate surface area is 222 Å². The molecule has 0 saturated carbocycles. The number of carbonyl (C=O) groups is 2. The minimum atomic E-state index is -0.606. The Bertz CT molecular complexity index is 1590. The molecule has 0 amide bonds. The highest BCUT2D eigenvalue weighted by Gasteiger charge is 2.35. The summed E-state index contributed by atoms with van der Waals surface area (Å²) in [6.07, 6.45) is 7.78. The predicted octanol–water partition coefficient (Wildman–Crippen LogP) is 6.91. The van der Waals surface area contributed by atoms with Crippen LogP contribution in [0.4, 0.5) is 0 Å². The third kappa shape index (κ3) is 4.46. The fourth-order valence-electron chi connectivity index (χ4n) is 4.96. The average molecular weight is 501 g/mol. The van der Waals surface area contributed by atoms with Gasteiger partial charge >= 0.3 is 11.9 Å². The molecule has 2 aliphatic rings. The van der Waals surface area contributed by atoms with Crippen molar-refractivity contribution in [1.82, 2.24) is 0 Å². The maximum atomic E-state index is 13.6. The van der Waals surface area contributed by atoms with Gasteiger partial charge in [0.15, 0.2) is 0 Å². The fraction of sp³-hybridized carbons (Fsp3) is 0.118. The van der Waals surface area contributed by atoms with Gasteiger partial charge in [-0.25, -0.2) is 9.59 Å². The second kappa shape index (κ2) is 10.3. The molecule has 5 rings (SSSR count). The number of hydrogen-bond acceptors (Lipinski definition) is 4. The van der Waals surface area contributed by atoms with Crippen molar-refractivity contribution in [2.75, 3.05) is 14.2 Å². The topological polar surface area (TPSA) is 52.6 Å². The van der Waals surface area contributed by atoms with Crippen LogP contribution in [0.15, 0.2) is 108 Å². The summed E-state index contributed by atoms with van der Waals surface area (Å²) >= 11 is 0. The third-order valence-electron chi connectivity index (χ3n) is 6.88. The zero-order chi connectivity index (χ0) is 26.8. The van der Waals surface area contributed by atoms with E-state index in [-0.39, 0.29) is 11.1 Å². The van der Waals surface area contributed by atoms with Gasteiger partial charge in [0.1, 0.15) is 0 Å². The molecule has 38 heavy (non-hydrogen) atoms. The van der Waals surface area contributed by atoms with Crippen LogP contribution in [0, 0.1) is 13.8 Å². The van der Waals surface area contributed by atoms with Crippen molar-refractivity contribution in [2.24, 2.45) is 0 Å². The Balaban J connectivity index is 1.98. The maximum Gasteiger partial charge on any atom is 0.339 e. The molecule has 0 spiro atoms. The molecule has 0 N–H and O–H groups in total. The van der Waals surface area contributed by atoms with Gasteiger partial charge in [-0.15, -0.1) is 0 Å². The Morgan fingerprint density at radius 2 is 1.29 bits per heavy atom. The van der Waals surface area contributed by atoms with Crippen LogP contribution in [0.2, 0.25) is 0 Å². The Morgan fingerprint density at radius 1 is 0.684 bits per heavy atom. The molecule has 0 saturated heterocycles. The van der Waals surface area contributed by atoms with Crippen LogP contribution in [0.1, 0.15) is 33.4 Å². The second-order valence-electron chi connectivity index (χ2n) is 9.34. The first-order valence-corrected chi connectivity index (χ1v) is 12.4. The molecular weight excluding hydrogens is 472 g/mol. The van der Waals surface area contributed by atoms with E-state index in [1.165, 1.54) is 14.2 Å².